The molecule has 0 saturated heterocycles. The number of anilines is 1. The lowest BCUT2D eigenvalue weighted by atomic mass is 9.98. The Morgan fingerprint density at radius 3 is 2.54 bits per heavy atom. The molecule has 0 aliphatic carbocycles. The maximum Gasteiger partial charge on any atom is 0.183 e. The number of hydrogen-bond acceptors (Lipinski definition) is 5. The van der Waals surface area contributed by atoms with Crippen LogP contribution in [-0.4, -0.2) is 17.2 Å². The predicted molar refractivity (Wildman–Crippen MR) is 99.6 cm³/mol. The van der Waals surface area contributed by atoms with E-state index in [1.54, 1.807) is 11.3 Å². The number of aryl methyl sites for hydroxylation is 2. The molecule has 0 spiro atoms. The van der Waals surface area contributed by atoms with Gasteiger partial charge < -0.3 is 9.84 Å². The van der Waals surface area contributed by atoms with Crippen molar-refractivity contribution in [1.29, 1.82) is 0 Å². The topological polar surface area (TPSA) is 51.0 Å². The molecule has 24 heavy (non-hydrogen) atoms. The molecule has 4 rings (SSSR count). The number of rotatable bonds is 3. The number of thiazole rings is 1. The Morgan fingerprint density at radius 1 is 1.00 bits per heavy atom. The highest BCUT2D eigenvalue weighted by Gasteiger charge is 2.12. The second-order valence-electron chi connectivity index (χ2n) is 5.73. The lowest BCUT2D eigenvalue weighted by molar-refractivity contribution is 0.393. The summed E-state index contributed by atoms with van der Waals surface area (Å²) in [5, 5.41) is 8.10. The molecule has 0 aliphatic heterocycles. The zero-order valence-electron chi connectivity index (χ0n) is 13.8. The minimum absolute atomic E-state index is 0.848. The summed E-state index contributed by atoms with van der Waals surface area (Å²) in [5.41, 5.74) is 6.50. The monoisotopic (exact) mass is 335 g/mol. The van der Waals surface area contributed by atoms with Crippen molar-refractivity contribution >= 4 is 26.7 Å². The van der Waals surface area contributed by atoms with Crippen molar-refractivity contribution in [2.24, 2.45) is 0 Å². The molecule has 0 aliphatic rings. The molecule has 2 aromatic carbocycles. The average Bonchev–Trinajstić information content (AvgIpc) is 3.17. The van der Waals surface area contributed by atoms with E-state index in [2.05, 4.69) is 57.9 Å². The van der Waals surface area contributed by atoms with Crippen LogP contribution in [0.1, 0.15) is 11.5 Å². The quantitative estimate of drug-likeness (QED) is 0.553. The van der Waals surface area contributed by atoms with E-state index in [0.717, 1.165) is 33.2 Å². The highest BCUT2D eigenvalue weighted by molar-refractivity contribution is 7.22. The Hall–Kier alpha value is -2.66. The number of nitrogens with zero attached hydrogens (tertiary/aromatic N) is 2. The second-order valence-corrected chi connectivity index (χ2v) is 6.76. The van der Waals surface area contributed by atoms with E-state index in [0.29, 0.717) is 0 Å². The van der Waals surface area contributed by atoms with Gasteiger partial charge in [-0.25, -0.2) is 4.98 Å². The van der Waals surface area contributed by atoms with Crippen LogP contribution in [0.5, 0.6) is 0 Å². The number of hydrogen-bond donors (Lipinski definition) is 1. The fourth-order valence-corrected chi connectivity index (χ4v) is 3.82. The van der Waals surface area contributed by atoms with Gasteiger partial charge in [0.25, 0.3) is 0 Å². The van der Waals surface area contributed by atoms with Gasteiger partial charge in [0.1, 0.15) is 5.76 Å². The summed E-state index contributed by atoms with van der Waals surface area (Å²) in [5.74, 6) is 0.848. The number of nitrogens with one attached hydrogen (secondary N) is 1. The van der Waals surface area contributed by atoms with Crippen LogP contribution in [0.15, 0.2) is 47.0 Å². The molecule has 0 bridgehead atoms. The van der Waals surface area contributed by atoms with E-state index in [-0.39, 0.29) is 0 Å². The molecule has 2 aromatic heterocycles. The summed E-state index contributed by atoms with van der Waals surface area (Å²) in [6.45, 7) is 3.92. The van der Waals surface area contributed by atoms with Crippen LogP contribution >= 0.6 is 11.3 Å². The summed E-state index contributed by atoms with van der Waals surface area (Å²) >= 11 is 1.67. The van der Waals surface area contributed by atoms with Gasteiger partial charge in [0.2, 0.25) is 0 Å². The van der Waals surface area contributed by atoms with Crippen LogP contribution in [-0.2, 0) is 0 Å². The minimum atomic E-state index is 0.848. The SMILES string of the molecule is CNc1nc2ccc(-c3cccc(-c4c(C)noc4C)c3)cc2s1. The van der Waals surface area contributed by atoms with E-state index in [9.17, 15) is 0 Å². The Morgan fingerprint density at radius 2 is 1.79 bits per heavy atom. The van der Waals surface area contributed by atoms with Gasteiger partial charge in [0.15, 0.2) is 5.13 Å². The second kappa shape index (κ2) is 5.76. The summed E-state index contributed by atoms with van der Waals surface area (Å²) in [7, 11) is 1.89. The lowest BCUT2D eigenvalue weighted by Crippen LogP contribution is -1.84. The smallest absolute Gasteiger partial charge is 0.183 e. The first-order chi connectivity index (χ1) is 11.7. The molecule has 2 heterocycles. The zero-order valence-corrected chi connectivity index (χ0v) is 14.6. The molecule has 0 fully saturated rings. The van der Waals surface area contributed by atoms with Gasteiger partial charge in [-0.15, -0.1) is 0 Å². The fourth-order valence-electron chi connectivity index (χ4n) is 2.96. The highest BCUT2D eigenvalue weighted by Crippen LogP contribution is 2.33. The number of fused-ring (bicyclic) bond motifs is 1. The Kier molecular flexibility index (Phi) is 3.58. The van der Waals surface area contributed by atoms with E-state index >= 15 is 0 Å². The van der Waals surface area contributed by atoms with Crippen LogP contribution < -0.4 is 5.32 Å². The maximum absolute atomic E-state index is 5.30. The van der Waals surface area contributed by atoms with Crippen molar-refractivity contribution in [3.8, 4) is 22.3 Å². The van der Waals surface area contributed by atoms with Crippen LogP contribution in [0.2, 0.25) is 0 Å². The molecule has 120 valence electrons. The van der Waals surface area contributed by atoms with Crippen molar-refractivity contribution in [3.05, 3.63) is 53.9 Å². The van der Waals surface area contributed by atoms with Gasteiger partial charge in [-0.3, -0.25) is 0 Å². The van der Waals surface area contributed by atoms with Gasteiger partial charge in [0, 0.05) is 12.6 Å². The fraction of sp³-hybridized carbons (Fsp3) is 0.158. The first kappa shape index (κ1) is 14.9. The Labute approximate surface area is 144 Å². The molecular weight excluding hydrogens is 318 g/mol. The van der Waals surface area contributed by atoms with Gasteiger partial charge >= 0.3 is 0 Å². The third kappa shape index (κ3) is 2.47. The molecule has 0 radical (unpaired) electrons. The molecule has 4 aromatic rings. The van der Waals surface area contributed by atoms with E-state index in [1.165, 1.54) is 15.8 Å². The van der Waals surface area contributed by atoms with Crippen molar-refractivity contribution < 1.29 is 4.52 Å². The molecule has 5 heteroatoms. The summed E-state index contributed by atoms with van der Waals surface area (Å²) in [6, 6.07) is 14.9. The van der Waals surface area contributed by atoms with Gasteiger partial charge in [-0.05, 0) is 48.7 Å². The first-order valence-electron chi connectivity index (χ1n) is 7.78. The molecular formula is C19H17N3OS. The van der Waals surface area contributed by atoms with Crippen molar-refractivity contribution in [2.75, 3.05) is 12.4 Å². The summed E-state index contributed by atoms with van der Waals surface area (Å²) < 4.78 is 6.48. The third-order valence-corrected chi connectivity index (χ3v) is 5.16. The average molecular weight is 335 g/mol. The predicted octanol–water partition coefficient (Wildman–Crippen LogP) is 5.28. The molecule has 0 atom stereocenters. The van der Waals surface area contributed by atoms with Gasteiger partial charge in [-0.2, -0.15) is 0 Å². The van der Waals surface area contributed by atoms with E-state index in [4.69, 9.17) is 4.52 Å². The normalized spacial score (nSPS) is 11.1. The van der Waals surface area contributed by atoms with Crippen LogP contribution in [0, 0.1) is 13.8 Å². The zero-order chi connectivity index (χ0) is 16.7. The van der Waals surface area contributed by atoms with Crippen LogP contribution in [0.3, 0.4) is 0 Å². The number of benzene rings is 2. The van der Waals surface area contributed by atoms with Crippen LogP contribution in [0.4, 0.5) is 5.13 Å². The van der Waals surface area contributed by atoms with Gasteiger partial charge in [-0.1, -0.05) is 40.8 Å². The van der Waals surface area contributed by atoms with E-state index < -0.39 is 0 Å². The minimum Gasteiger partial charge on any atom is -0.365 e. The standard InChI is InChI=1S/C19H17N3OS/c1-11-18(12(2)23-22-11)15-6-4-5-13(9-15)14-7-8-16-17(10-14)24-19(20-3)21-16/h4-10H,1-3H3,(H,20,21). The molecule has 4 nitrogen and oxygen atoms in total. The summed E-state index contributed by atoms with van der Waals surface area (Å²) in [6.07, 6.45) is 0. The lowest BCUT2D eigenvalue weighted by Gasteiger charge is -2.06. The van der Waals surface area contributed by atoms with Crippen molar-refractivity contribution in [1.82, 2.24) is 10.1 Å². The Bertz CT molecular complexity index is 1010. The number of aromatic nitrogens is 2. The molecule has 0 unspecified atom stereocenters. The van der Waals surface area contributed by atoms with Crippen molar-refractivity contribution in [2.45, 2.75) is 13.8 Å². The third-order valence-electron chi connectivity index (χ3n) is 4.12. The summed E-state index contributed by atoms with van der Waals surface area (Å²) in [4.78, 5) is 4.53. The van der Waals surface area contributed by atoms with Crippen molar-refractivity contribution in [3.63, 3.8) is 0 Å². The largest absolute Gasteiger partial charge is 0.365 e. The van der Waals surface area contributed by atoms with Gasteiger partial charge in [0.05, 0.1) is 15.9 Å². The molecule has 0 amide bonds. The van der Waals surface area contributed by atoms with E-state index in [1.807, 2.05) is 20.9 Å². The molecule has 1 N–H and O–H groups in total. The Balaban J connectivity index is 1.81. The maximum atomic E-state index is 5.30. The van der Waals surface area contributed by atoms with Crippen LogP contribution in [0.25, 0.3) is 32.5 Å². The highest BCUT2D eigenvalue weighted by atomic mass is 32.1. The molecule has 0 saturated carbocycles. The first-order valence-corrected chi connectivity index (χ1v) is 8.59.